The molecule has 0 aliphatic carbocycles. The van der Waals surface area contributed by atoms with Gasteiger partial charge in [0.15, 0.2) is 5.96 Å². The van der Waals surface area contributed by atoms with Gasteiger partial charge in [0.05, 0.1) is 13.2 Å². The Morgan fingerprint density at radius 3 is 2.57 bits per heavy atom. The van der Waals surface area contributed by atoms with E-state index in [2.05, 4.69) is 45.4 Å². The molecule has 1 saturated heterocycles. The van der Waals surface area contributed by atoms with E-state index < -0.39 is 0 Å². The molecule has 0 spiro atoms. The number of carbonyl (C=O) groups is 1. The summed E-state index contributed by atoms with van der Waals surface area (Å²) >= 11 is 1.72. The lowest BCUT2D eigenvalue weighted by molar-refractivity contribution is -0.127. The van der Waals surface area contributed by atoms with Crippen LogP contribution in [-0.4, -0.2) is 92.6 Å². The van der Waals surface area contributed by atoms with Crippen molar-refractivity contribution < 1.29 is 9.53 Å². The molecule has 28 heavy (non-hydrogen) atoms. The zero-order valence-electron chi connectivity index (χ0n) is 17.6. The number of carbonyl (C=O) groups excluding carboxylic acids is 1. The van der Waals surface area contributed by atoms with Crippen molar-refractivity contribution in [3.63, 3.8) is 0 Å². The number of rotatable bonds is 7. The number of hydrogen-bond donors (Lipinski definition) is 1. The Morgan fingerprint density at radius 2 is 2.04 bits per heavy atom. The van der Waals surface area contributed by atoms with Crippen LogP contribution >= 0.6 is 35.3 Å². The Bertz CT molecular complexity index is 599. The highest BCUT2D eigenvalue weighted by Gasteiger charge is 2.30. The summed E-state index contributed by atoms with van der Waals surface area (Å²) in [5, 5.41) is 5.53. The molecular weight excluding hydrogens is 489 g/mol. The molecule has 160 valence electrons. The zero-order chi connectivity index (χ0) is 19.8. The average molecular weight is 523 g/mol. The second-order valence-electron chi connectivity index (χ2n) is 7.19. The third kappa shape index (κ3) is 7.49. The molecular formula is C19H34IN5O2S. The number of methoxy groups -OCH3 is 1. The van der Waals surface area contributed by atoms with Gasteiger partial charge in [0, 0.05) is 57.8 Å². The van der Waals surface area contributed by atoms with Crippen molar-refractivity contribution in [2.75, 3.05) is 54.0 Å². The maximum absolute atomic E-state index is 12.0. The molecule has 9 heteroatoms. The summed E-state index contributed by atoms with van der Waals surface area (Å²) in [4.78, 5) is 24.2. The standard InChI is InChI=1S/C19H33N5O2S.HI/c1-15-13-23(14-16(2)24(15)8-9-26-5)19(21-12-18(25)22(3)4)20-11-17-7-6-10-27-17;/h6-7,10,15-16H,8-9,11-14H2,1-5H3,(H,20,21);1H. The van der Waals surface area contributed by atoms with E-state index >= 15 is 0 Å². The maximum atomic E-state index is 12.0. The van der Waals surface area contributed by atoms with Gasteiger partial charge in [-0.3, -0.25) is 9.69 Å². The van der Waals surface area contributed by atoms with Crippen LogP contribution in [0.4, 0.5) is 0 Å². The van der Waals surface area contributed by atoms with Crippen molar-refractivity contribution in [2.45, 2.75) is 32.5 Å². The van der Waals surface area contributed by atoms with Crippen molar-refractivity contribution in [3.8, 4) is 0 Å². The van der Waals surface area contributed by atoms with Gasteiger partial charge < -0.3 is 19.9 Å². The molecule has 2 unspecified atom stereocenters. The van der Waals surface area contributed by atoms with Gasteiger partial charge in [0.1, 0.15) is 6.54 Å². The first kappa shape index (κ1) is 25.1. The fraction of sp³-hybridized carbons (Fsp3) is 0.684. The molecule has 7 nitrogen and oxygen atoms in total. The summed E-state index contributed by atoms with van der Waals surface area (Å²) in [6.07, 6.45) is 0. The molecule has 1 aromatic rings. The van der Waals surface area contributed by atoms with Gasteiger partial charge >= 0.3 is 0 Å². The van der Waals surface area contributed by atoms with E-state index in [9.17, 15) is 4.79 Å². The number of nitrogens with zero attached hydrogens (tertiary/aromatic N) is 4. The number of thiophene rings is 1. The van der Waals surface area contributed by atoms with Gasteiger partial charge in [-0.25, -0.2) is 4.99 Å². The SMILES string of the molecule is COCCN1C(C)CN(C(=NCC(=O)N(C)C)NCc2cccs2)CC1C.I. The first-order valence-electron chi connectivity index (χ1n) is 9.42. The molecule has 0 saturated carbocycles. The van der Waals surface area contributed by atoms with E-state index in [-0.39, 0.29) is 36.4 Å². The van der Waals surface area contributed by atoms with Crippen LogP contribution in [0.5, 0.6) is 0 Å². The van der Waals surface area contributed by atoms with Gasteiger partial charge in [0.2, 0.25) is 5.91 Å². The van der Waals surface area contributed by atoms with Crippen LogP contribution in [0, 0.1) is 0 Å². The van der Waals surface area contributed by atoms with Gasteiger partial charge in [-0.15, -0.1) is 35.3 Å². The maximum Gasteiger partial charge on any atom is 0.243 e. The summed E-state index contributed by atoms with van der Waals surface area (Å²) < 4.78 is 5.25. The van der Waals surface area contributed by atoms with Crippen LogP contribution in [0.1, 0.15) is 18.7 Å². The van der Waals surface area contributed by atoms with E-state index in [4.69, 9.17) is 4.74 Å². The Kier molecular flexibility index (Phi) is 11.3. The molecule has 1 amide bonds. The fourth-order valence-corrected chi connectivity index (χ4v) is 3.94. The molecule has 2 atom stereocenters. The number of halogens is 1. The first-order valence-corrected chi connectivity index (χ1v) is 10.3. The smallest absolute Gasteiger partial charge is 0.243 e. The topological polar surface area (TPSA) is 60.4 Å². The van der Waals surface area contributed by atoms with E-state index in [0.29, 0.717) is 12.1 Å². The lowest BCUT2D eigenvalue weighted by atomic mass is 10.1. The van der Waals surface area contributed by atoms with Crippen molar-refractivity contribution >= 4 is 47.2 Å². The van der Waals surface area contributed by atoms with Gasteiger partial charge in [-0.2, -0.15) is 0 Å². The van der Waals surface area contributed by atoms with Gasteiger partial charge in [-0.1, -0.05) is 6.07 Å². The number of nitrogens with one attached hydrogen (secondary N) is 1. The van der Waals surface area contributed by atoms with Crippen LogP contribution in [0.25, 0.3) is 0 Å². The highest BCUT2D eigenvalue weighted by molar-refractivity contribution is 14.0. The van der Waals surface area contributed by atoms with Crippen molar-refractivity contribution in [2.24, 2.45) is 4.99 Å². The van der Waals surface area contributed by atoms with Crippen LogP contribution in [0.2, 0.25) is 0 Å². The summed E-state index contributed by atoms with van der Waals surface area (Å²) in [5.74, 6) is 0.814. The lowest BCUT2D eigenvalue weighted by Gasteiger charge is -2.45. The Labute approximate surface area is 190 Å². The molecule has 1 N–H and O–H groups in total. The predicted octanol–water partition coefficient (Wildman–Crippen LogP) is 1.94. The number of likely N-dealkylation sites (N-methyl/N-ethyl adjacent to an activating group) is 1. The zero-order valence-corrected chi connectivity index (χ0v) is 20.7. The van der Waals surface area contributed by atoms with Gasteiger partial charge in [-0.05, 0) is 25.3 Å². The quantitative estimate of drug-likeness (QED) is 0.337. The van der Waals surface area contributed by atoms with E-state index in [0.717, 1.165) is 38.7 Å². The summed E-state index contributed by atoms with van der Waals surface area (Å²) in [6.45, 7) is 8.78. The molecule has 1 aliphatic heterocycles. The van der Waals surface area contributed by atoms with Crippen molar-refractivity contribution in [1.29, 1.82) is 0 Å². The molecule has 2 heterocycles. The summed E-state index contributed by atoms with van der Waals surface area (Å²) in [7, 11) is 5.26. The number of hydrogen-bond acceptors (Lipinski definition) is 5. The summed E-state index contributed by atoms with van der Waals surface area (Å²) in [5.41, 5.74) is 0. The van der Waals surface area contributed by atoms with Crippen LogP contribution in [-0.2, 0) is 16.1 Å². The number of aliphatic imine (C=N–C) groups is 1. The lowest BCUT2D eigenvalue weighted by Crippen LogP contribution is -2.60. The number of amides is 1. The number of guanidine groups is 1. The van der Waals surface area contributed by atoms with Gasteiger partial charge in [0.25, 0.3) is 0 Å². The normalized spacial score (nSPS) is 20.6. The minimum atomic E-state index is 0. The van der Waals surface area contributed by atoms with Crippen molar-refractivity contribution in [3.05, 3.63) is 22.4 Å². The van der Waals surface area contributed by atoms with Crippen LogP contribution in [0.15, 0.2) is 22.5 Å². The largest absolute Gasteiger partial charge is 0.383 e. The van der Waals surface area contributed by atoms with Crippen LogP contribution in [0.3, 0.4) is 0 Å². The average Bonchev–Trinajstić information content (AvgIpc) is 3.14. The molecule has 1 aromatic heterocycles. The fourth-order valence-electron chi connectivity index (χ4n) is 3.30. The Balaban J connectivity index is 0.00000392. The van der Waals surface area contributed by atoms with Crippen LogP contribution < -0.4 is 5.32 Å². The Morgan fingerprint density at radius 1 is 1.36 bits per heavy atom. The van der Waals surface area contributed by atoms with Crippen molar-refractivity contribution in [1.82, 2.24) is 20.0 Å². The van der Waals surface area contributed by atoms with E-state index in [1.165, 1.54) is 4.88 Å². The highest BCUT2D eigenvalue weighted by atomic mass is 127. The molecule has 1 aliphatic rings. The molecule has 0 aromatic carbocycles. The second kappa shape index (κ2) is 12.6. The van der Waals surface area contributed by atoms with E-state index in [1.807, 2.05) is 6.07 Å². The predicted molar refractivity (Wildman–Crippen MR) is 127 cm³/mol. The van der Waals surface area contributed by atoms with E-state index in [1.54, 1.807) is 37.4 Å². The minimum Gasteiger partial charge on any atom is -0.383 e. The molecule has 0 bridgehead atoms. The monoisotopic (exact) mass is 523 g/mol. The number of piperazine rings is 1. The molecule has 0 radical (unpaired) electrons. The molecule has 2 rings (SSSR count). The highest BCUT2D eigenvalue weighted by Crippen LogP contribution is 2.16. The second-order valence-corrected chi connectivity index (χ2v) is 8.23. The third-order valence-corrected chi connectivity index (χ3v) is 5.69. The molecule has 1 fully saturated rings. The summed E-state index contributed by atoms with van der Waals surface area (Å²) in [6, 6.07) is 4.94. The number of ether oxygens (including phenoxy) is 1. The minimum absolute atomic E-state index is 0. The first-order chi connectivity index (χ1) is 12.9. The Hall–Kier alpha value is -0.910. The third-order valence-electron chi connectivity index (χ3n) is 4.82.